The van der Waals surface area contributed by atoms with Crippen LogP contribution in [0.3, 0.4) is 0 Å². The van der Waals surface area contributed by atoms with Crippen LogP contribution in [-0.2, 0) is 0 Å². The first kappa shape index (κ1) is 12.3. The van der Waals surface area contributed by atoms with Crippen molar-refractivity contribution in [2.45, 2.75) is 6.92 Å². The van der Waals surface area contributed by atoms with Crippen molar-refractivity contribution in [1.29, 1.82) is 0 Å². The molecule has 0 aromatic carbocycles. The van der Waals surface area contributed by atoms with Crippen LogP contribution in [-0.4, -0.2) is 19.0 Å². The molecule has 0 radical (unpaired) electrons. The molecule has 2 nitrogen and oxygen atoms in total. The van der Waals surface area contributed by atoms with E-state index in [1.165, 1.54) is 6.20 Å². The molecule has 0 aliphatic rings. The Kier molecular flexibility index (Phi) is 6.96. The highest BCUT2D eigenvalue weighted by molar-refractivity contribution is 6.21. The van der Waals surface area contributed by atoms with Crippen molar-refractivity contribution < 1.29 is 0 Å². The fourth-order valence-corrected chi connectivity index (χ4v) is 0.931. The number of aliphatic imine (C=N–C) groups is 2. The summed E-state index contributed by atoms with van der Waals surface area (Å²) in [6.07, 6.45) is 10.6. The van der Waals surface area contributed by atoms with E-state index in [4.69, 9.17) is 0 Å². The van der Waals surface area contributed by atoms with Gasteiger partial charge < -0.3 is 0 Å². The van der Waals surface area contributed by atoms with Crippen molar-refractivity contribution in [2.24, 2.45) is 9.98 Å². The summed E-state index contributed by atoms with van der Waals surface area (Å²) >= 11 is 0. The van der Waals surface area contributed by atoms with E-state index < -0.39 is 0 Å². The molecule has 0 saturated carbocycles. The van der Waals surface area contributed by atoms with Gasteiger partial charge in [0.1, 0.15) is 0 Å². The molecule has 0 saturated heterocycles. The van der Waals surface area contributed by atoms with Crippen LogP contribution in [0, 0.1) is 0 Å². The third-order valence-electron chi connectivity index (χ3n) is 1.42. The van der Waals surface area contributed by atoms with E-state index >= 15 is 0 Å². The van der Waals surface area contributed by atoms with Gasteiger partial charge in [-0.2, -0.15) is 0 Å². The van der Waals surface area contributed by atoms with Crippen molar-refractivity contribution >= 4 is 11.9 Å². The van der Waals surface area contributed by atoms with Gasteiger partial charge in [-0.3, -0.25) is 9.98 Å². The molecule has 0 aliphatic carbocycles. The average molecular weight is 188 g/mol. The van der Waals surface area contributed by atoms with E-state index in [0.717, 1.165) is 11.3 Å². The van der Waals surface area contributed by atoms with Crippen molar-refractivity contribution in [1.82, 2.24) is 0 Å². The number of allylic oxidation sites excluding steroid dienone is 5. The first-order chi connectivity index (χ1) is 6.79. The van der Waals surface area contributed by atoms with Crippen LogP contribution in [0.15, 0.2) is 59.2 Å². The van der Waals surface area contributed by atoms with Crippen molar-refractivity contribution in [3.05, 3.63) is 49.2 Å². The molecule has 0 atom stereocenters. The summed E-state index contributed by atoms with van der Waals surface area (Å²) in [5.41, 5.74) is 1.74. The fourth-order valence-electron chi connectivity index (χ4n) is 0.931. The number of nitrogens with zero attached hydrogens (tertiary/aromatic N) is 2. The van der Waals surface area contributed by atoms with E-state index in [1.807, 2.05) is 25.2 Å². The minimum Gasteiger partial charge on any atom is -0.296 e. The predicted octanol–water partition coefficient (Wildman–Crippen LogP) is 2.96. The molecule has 0 rings (SSSR count). The molecule has 0 aromatic heterocycles. The van der Waals surface area contributed by atoms with Gasteiger partial charge in [0.25, 0.3) is 0 Å². The molecule has 0 N–H and O–H groups in total. The van der Waals surface area contributed by atoms with E-state index in [2.05, 4.69) is 23.1 Å². The Labute approximate surface area is 85.8 Å². The second-order valence-corrected chi connectivity index (χ2v) is 2.44. The van der Waals surface area contributed by atoms with Gasteiger partial charge in [-0.25, -0.2) is 0 Å². The second-order valence-electron chi connectivity index (χ2n) is 2.44. The molecular formula is C12H16N2. The minimum absolute atomic E-state index is 0.827. The maximum Gasteiger partial charge on any atom is 0.0713 e. The Bertz CT molecular complexity index is 272. The highest BCUT2D eigenvalue weighted by Gasteiger charge is 1.97. The molecule has 0 spiro atoms. The third-order valence-corrected chi connectivity index (χ3v) is 1.42. The van der Waals surface area contributed by atoms with Crippen LogP contribution < -0.4 is 0 Å². The average Bonchev–Trinajstić information content (AvgIpc) is 2.17. The largest absolute Gasteiger partial charge is 0.296 e. The van der Waals surface area contributed by atoms with Crippen LogP contribution in [0.25, 0.3) is 0 Å². The monoisotopic (exact) mass is 188 g/mol. The number of hydrogen-bond donors (Lipinski definition) is 0. The van der Waals surface area contributed by atoms with E-state index in [9.17, 15) is 0 Å². The first-order valence-corrected chi connectivity index (χ1v) is 4.36. The second kappa shape index (κ2) is 7.92. The Morgan fingerprint density at radius 3 is 2.43 bits per heavy atom. The van der Waals surface area contributed by atoms with E-state index in [-0.39, 0.29) is 0 Å². The molecular weight excluding hydrogens is 172 g/mol. The molecule has 0 unspecified atom stereocenters. The maximum atomic E-state index is 4.14. The standard InChI is InChI=1S/C12H16N2/c1-5-8-11(10-13-4)12(9-6-2)14-7-3/h5-10H,1,3H2,2,4H3/b9-6-,11-8-,13-10?,14-12?. The lowest BCUT2D eigenvalue weighted by Gasteiger charge is -1.99. The lowest BCUT2D eigenvalue weighted by molar-refractivity contribution is 1.46. The lowest BCUT2D eigenvalue weighted by Crippen LogP contribution is -2.00. The first-order valence-electron chi connectivity index (χ1n) is 4.36. The van der Waals surface area contributed by atoms with Gasteiger partial charge >= 0.3 is 0 Å². The van der Waals surface area contributed by atoms with Gasteiger partial charge in [0.15, 0.2) is 0 Å². The zero-order valence-corrected chi connectivity index (χ0v) is 8.77. The predicted molar refractivity (Wildman–Crippen MR) is 65.1 cm³/mol. The van der Waals surface area contributed by atoms with Crippen LogP contribution in [0.1, 0.15) is 6.92 Å². The Morgan fingerprint density at radius 2 is 2.00 bits per heavy atom. The minimum atomic E-state index is 0.827. The summed E-state index contributed by atoms with van der Waals surface area (Å²) in [6, 6.07) is 0. The lowest BCUT2D eigenvalue weighted by atomic mass is 10.1. The van der Waals surface area contributed by atoms with Gasteiger partial charge in [-0.1, -0.05) is 31.4 Å². The van der Waals surface area contributed by atoms with Crippen molar-refractivity contribution in [3.63, 3.8) is 0 Å². The van der Waals surface area contributed by atoms with Crippen LogP contribution in [0.5, 0.6) is 0 Å². The molecule has 2 heteroatoms. The summed E-state index contributed by atoms with van der Waals surface area (Å²) in [5.74, 6) is 0. The van der Waals surface area contributed by atoms with Crippen LogP contribution in [0.4, 0.5) is 0 Å². The van der Waals surface area contributed by atoms with E-state index in [0.29, 0.717) is 0 Å². The van der Waals surface area contributed by atoms with Gasteiger partial charge in [0.05, 0.1) is 5.71 Å². The zero-order valence-electron chi connectivity index (χ0n) is 8.77. The van der Waals surface area contributed by atoms with Gasteiger partial charge in [-0.15, -0.1) is 0 Å². The molecule has 0 aliphatic heterocycles. The SMILES string of the molecule is C=C/C=C(/C=NC)C(/C=C\C)=NC=C. The molecule has 0 bridgehead atoms. The van der Waals surface area contributed by atoms with Crippen LogP contribution in [0.2, 0.25) is 0 Å². The number of rotatable bonds is 5. The molecule has 0 heterocycles. The maximum absolute atomic E-state index is 4.14. The number of hydrogen-bond acceptors (Lipinski definition) is 2. The van der Waals surface area contributed by atoms with Crippen LogP contribution >= 0.6 is 0 Å². The Balaban J connectivity index is 5.12. The van der Waals surface area contributed by atoms with E-state index in [1.54, 1.807) is 19.3 Å². The molecule has 74 valence electrons. The smallest absolute Gasteiger partial charge is 0.0713 e. The quantitative estimate of drug-likeness (QED) is 0.468. The summed E-state index contributed by atoms with van der Waals surface area (Å²) in [5, 5.41) is 0. The highest BCUT2D eigenvalue weighted by Crippen LogP contribution is 1.99. The summed E-state index contributed by atoms with van der Waals surface area (Å²) in [4.78, 5) is 8.09. The van der Waals surface area contributed by atoms with Crippen molar-refractivity contribution in [3.8, 4) is 0 Å². The molecule has 0 aromatic rings. The highest BCUT2D eigenvalue weighted by atomic mass is 14.7. The van der Waals surface area contributed by atoms with Gasteiger partial charge in [-0.05, 0) is 13.0 Å². The summed E-state index contributed by atoms with van der Waals surface area (Å²) in [7, 11) is 1.72. The molecule has 14 heavy (non-hydrogen) atoms. The summed E-state index contributed by atoms with van der Waals surface area (Å²) < 4.78 is 0. The molecule has 0 amide bonds. The normalized spacial score (nSPS) is 13.9. The topological polar surface area (TPSA) is 24.7 Å². The Hall–Kier alpha value is -1.70. The van der Waals surface area contributed by atoms with Gasteiger partial charge in [0.2, 0.25) is 0 Å². The van der Waals surface area contributed by atoms with Crippen molar-refractivity contribution in [2.75, 3.05) is 7.05 Å². The van der Waals surface area contributed by atoms with Gasteiger partial charge in [0, 0.05) is 25.0 Å². The zero-order chi connectivity index (χ0) is 10.8. The fraction of sp³-hybridized carbons (Fsp3) is 0.167. The summed E-state index contributed by atoms with van der Waals surface area (Å²) in [6.45, 7) is 9.15. The Morgan fingerprint density at radius 1 is 1.29 bits per heavy atom. The third kappa shape index (κ3) is 4.36. The molecule has 0 fully saturated rings.